The first-order chi connectivity index (χ1) is 8.93. The third-order valence-electron chi connectivity index (χ3n) is 3.53. The molecule has 1 rings (SSSR count). The smallest absolute Gasteiger partial charge is 0.226 e. The number of ether oxygens (including phenoxy) is 1. The maximum atomic E-state index is 12.1. The summed E-state index contributed by atoms with van der Waals surface area (Å²) >= 11 is 0. The van der Waals surface area contributed by atoms with E-state index in [1.807, 2.05) is 33.9 Å². The van der Waals surface area contributed by atoms with Gasteiger partial charge >= 0.3 is 0 Å². The molecular weight excluding hydrogens is 240 g/mol. The standard InChI is InChI=1S/C15H24N2O2/c1-10-9-13(19-5)11(2)12(3)15(10)17(4)14(18)7-6-8-16/h9H,6-8,16H2,1-5H3. The topological polar surface area (TPSA) is 55.6 Å². The minimum Gasteiger partial charge on any atom is -0.496 e. The van der Waals surface area contributed by atoms with E-state index in [1.165, 1.54) is 0 Å². The molecule has 0 saturated heterocycles. The summed E-state index contributed by atoms with van der Waals surface area (Å²) < 4.78 is 5.35. The van der Waals surface area contributed by atoms with Gasteiger partial charge < -0.3 is 15.4 Å². The lowest BCUT2D eigenvalue weighted by Crippen LogP contribution is -2.28. The zero-order valence-corrected chi connectivity index (χ0v) is 12.5. The molecule has 0 saturated carbocycles. The number of nitrogens with zero attached hydrogens (tertiary/aromatic N) is 1. The molecule has 1 aromatic rings. The number of nitrogens with two attached hydrogens (primary N) is 1. The van der Waals surface area contributed by atoms with Crippen molar-refractivity contribution in [2.75, 3.05) is 25.6 Å². The molecule has 0 unspecified atom stereocenters. The van der Waals surface area contributed by atoms with Crippen LogP contribution >= 0.6 is 0 Å². The van der Waals surface area contributed by atoms with Gasteiger partial charge in [-0.15, -0.1) is 0 Å². The SMILES string of the molecule is COc1cc(C)c(N(C)C(=O)CCCN)c(C)c1C. The van der Waals surface area contributed by atoms with Crippen molar-refractivity contribution >= 4 is 11.6 Å². The molecule has 0 aromatic heterocycles. The second-order valence-corrected chi connectivity index (χ2v) is 4.84. The Hall–Kier alpha value is -1.55. The van der Waals surface area contributed by atoms with E-state index in [1.54, 1.807) is 12.0 Å². The molecule has 106 valence electrons. The fourth-order valence-corrected chi connectivity index (χ4v) is 2.31. The number of hydrogen-bond acceptors (Lipinski definition) is 3. The third-order valence-corrected chi connectivity index (χ3v) is 3.53. The van der Waals surface area contributed by atoms with E-state index in [-0.39, 0.29) is 5.91 Å². The van der Waals surface area contributed by atoms with Crippen molar-refractivity contribution in [1.82, 2.24) is 0 Å². The maximum absolute atomic E-state index is 12.1. The average molecular weight is 264 g/mol. The van der Waals surface area contributed by atoms with Gasteiger partial charge in [-0.1, -0.05) is 0 Å². The second kappa shape index (κ2) is 6.57. The van der Waals surface area contributed by atoms with Crippen LogP contribution in [0, 0.1) is 20.8 Å². The highest BCUT2D eigenvalue weighted by Gasteiger charge is 2.18. The molecule has 4 heteroatoms. The van der Waals surface area contributed by atoms with Gasteiger partial charge in [-0.25, -0.2) is 0 Å². The first kappa shape index (κ1) is 15.5. The summed E-state index contributed by atoms with van der Waals surface area (Å²) in [6.07, 6.45) is 1.20. The molecule has 0 aliphatic carbocycles. The Morgan fingerprint density at radius 2 is 1.95 bits per heavy atom. The molecule has 0 aliphatic heterocycles. The Morgan fingerprint density at radius 3 is 2.47 bits per heavy atom. The van der Waals surface area contributed by atoms with Gasteiger partial charge in [0.1, 0.15) is 5.75 Å². The van der Waals surface area contributed by atoms with E-state index in [2.05, 4.69) is 0 Å². The van der Waals surface area contributed by atoms with Gasteiger partial charge in [0.05, 0.1) is 7.11 Å². The number of rotatable bonds is 5. The summed E-state index contributed by atoms with van der Waals surface area (Å²) in [4.78, 5) is 13.8. The van der Waals surface area contributed by atoms with Crippen LogP contribution in [0.2, 0.25) is 0 Å². The van der Waals surface area contributed by atoms with E-state index >= 15 is 0 Å². The van der Waals surface area contributed by atoms with Crippen LogP contribution in [0.25, 0.3) is 0 Å². The zero-order chi connectivity index (χ0) is 14.6. The van der Waals surface area contributed by atoms with Crippen LogP contribution in [0.4, 0.5) is 5.69 Å². The summed E-state index contributed by atoms with van der Waals surface area (Å²) in [5.74, 6) is 0.961. The number of carbonyl (C=O) groups excluding carboxylic acids is 1. The Bertz CT molecular complexity index is 470. The fraction of sp³-hybridized carbons (Fsp3) is 0.533. The number of hydrogen-bond donors (Lipinski definition) is 1. The number of anilines is 1. The van der Waals surface area contributed by atoms with Crippen LogP contribution in [-0.2, 0) is 4.79 Å². The lowest BCUT2D eigenvalue weighted by atomic mass is 10.0. The first-order valence-corrected chi connectivity index (χ1v) is 6.55. The molecule has 0 radical (unpaired) electrons. The molecule has 1 aromatic carbocycles. The van der Waals surface area contributed by atoms with Gasteiger partial charge in [-0.3, -0.25) is 4.79 Å². The van der Waals surface area contributed by atoms with Gasteiger partial charge in [0.25, 0.3) is 0 Å². The van der Waals surface area contributed by atoms with E-state index in [9.17, 15) is 4.79 Å². The molecule has 0 spiro atoms. The molecule has 2 N–H and O–H groups in total. The zero-order valence-electron chi connectivity index (χ0n) is 12.5. The Labute approximate surface area is 115 Å². The normalized spacial score (nSPS) is 10.4. The van der Waals surface area contributed by atoms with E-state index in [0.717, 1.165) is 34.5 Å². The minimum atomic E-state index is 0.0983. The minimum absolute atomic E-state index is 0.0983. The molecule has 0 bridgehead atoms. The van der Waals surface area contributed by atoms with Crippen molar-refractivity contribution < 1.29 is 9.53 Å². The van der Waals surface area contributed by atoms with Crippen LogP contribution in [0.1, 0.15) is 29.5 Å². The highest BCUT2D eigenvalue weighted by Crippen LogP contribution is 2.33. The molecule has 0 fully saturated rings. The Kier molecular flexibility index (Phi) is 5.36. The summed E-state index contributed by atoms with van der Waals surface area (Å²) in [6.45, 7) is 6.57. The molecule has 0 aliphatic rings. The fourth-order valence-electron chi connectivity index (χ4n) is 2.31. The molecule has 19 heavy (non-hydrogen) atoms. The van der Waals surface area contributed by atoms with Gasteiger partial charge in [0.15, 0.2) is 0 Å². The quantitative estimate of drug-likeness (QED) is 0.888. The van der Waals surface area contributed by atoms with Gasteiger partial charge in [0.2, 0.25) is 5.91 Å². The van der Waals surface area contributed by atoms with E-state index < -0.39 is 0 Å². The van der Waals surface area contributed by atoms with Crippen LogP contribution < -0.4 is 15.4 Å². The highest BCUT2D eigenvalue weighted by molar-refractivity contribution is 5.94. The number of amides is 1. The third kappa shape index (κ3) is 3.26. The average Bonchev–Trinajstić information content (AvgIpc) is 2.39. The number of methoxy groups -OCH3 is 1. The van der Waals surface area contributed by atoms with Crippen LogP contribution in [-0.4, -0.2) is 26.6 Å². The van der Waals surface area contributed by atoms with E-state index in [0.29, 0.717) is 13.0 Å². The van der Waals surface area contributed by atoms with Crippen LogP contribution in [0.15, 0.2) is 6.07 Å². The van der Waals surface area contributed by atoms with Gasteiger partial charge in [0, 0.05) is 19.2 Å². The van der Waals surface area contributed by atoms with Crippen molar-refractivity contribution in [3.05, 3.63) is 22.8 Å². The molecule has 1 amide bonds. The van der Waals surface area contributed by atoms with Gasteiger partial charge in [-0.2, -0.15) is 0 Å². The monoisotopic (exact) mass is 264 g/mol. The number of benzene rings is 1. The second-order valence-electron chi connectivity index (χ2n) is 4.84. The lowest BCUT2D eigenvalue weighted by molar-refractivity contribution is -0.118. The summed E-state index contributed by atoms with van der Waals surface area (Å²) in [6, 6.07) is 1.98. The molecule has 0 atom stereocenters. The molecule has 0 heterocycles. The van der Waals surface area contributed by atoms with E-state index in [4.69, 9.17) is 10.5 Å². The predicted molar refractivity (Wildman–Crippen MR) is 78.9 cm³/mol. The van der Waals surface area contributed by atoms with Crippen molar-refractivity contribution in [3.8, 4) is 5.75 Å². The van der Waals surface area contributed by atoms with Crippen LogP contribution in [0.3, 0.4) is 0 Å². The molecular formula is C15H24N2O2. The first-order valence-electron chi connectivity index (χ1n) is 6.55. The van der Waals surface area contributed by atoms with Crippen molar-refractivity contribution in [2.45, 2.75) is 33.6 Å². The summed E-state index contributed by atoms with van der Waals surface area (Å²) in [5.41, 5.74) is 9.62. The summed E-state index contributed by atoms with van der Waals surface area (Å²) in [5, 5.41) is 0. The summed E-state index contributed by atoms with van der Waals surface area (Å²) in [7, 11) is 3.48. The predicted octanol–water partition coefficient (Wildman–Crippen LogP) is 2.32. The largest absolute Gasteiger partial charge is 0.496 e. The number of carbonyl (C=O) groups is 1. The highest BCUT2D eigenvalue weighted by atomic mass is 16.5. The maximum Gasteiger partial charge on any atom is 0.226 e. The molecule has 4 nitrogen and oxygen atoms in total. The van der Waals surface area contributed by atoms with Crippen molar-refractivity contribution in [1.29, 1.82) is 0 Å². The van der Waals surface area contributed by atoms with Crippen molar-refractivity contribution in [2.24, 2.45) is 5.73 Å². The Morgan fingerprint density at radius 1 is 1.32 bits per heavy atom. The Balaban J connectivity index is 3.13. The van der Waals surface area contributed by atoms with Gasteiger partial charge in [-0.05, 0) is 56.5 Å². The number of aryl methyl sites for hydroxylation is 1. The van der Waals surface area contributed by atoms with Crippen molar-refractivity contribution in [3.63, 3.8) is 0 Å². The van der Waals surface area contributed by atoms with Crippen LogP contribution in [0.5, 0.6) is 5.75 Å². The lowest BCUT2D eigenvalue weighted by Gasteiger charge is -2.24.